The number of aromatic nitrogens is 1. The van der Waals surface area contributed by atoms with Gasteiger partial charge >= 0.3 is 6.18 Å². The van der Waals surface area contributed by atoms with Gasteiger partial charge in [0.1, 0.15) is 0 Å². The molecule has 0 aliphatic heterocycles. The lowest BCUT2D eigenvalue weighted by molar-refractivity contribution is -0.138. The van der Waals surface area contributed by atoms with Crippen molar-refractivity contribution in [3.8, 4) is 0 Å². The first kappa shape index (κ1) is 15.9. The van der Waals surface area contributed by atoms with Crippen LogP contribution in [0.4, 0.5) is 13.2 Å². The Kier molecular flexibility index (Phi) is 5.75. The van der Waals surface area contributed by atoms with Crippen molar-refractivity contribution in [2.45, 2.75) is 39.1 Å². The van der Waals surface area contributed by atoms with Crippen molar-refractivity contribution >= 4 is 0 Å². The maximum Gasteiger partial charge on any atom is 0.416 e. The lowest BCUT2D eigenvalue weighted by Gasteiger charge is -2.27. The zero-order valence-corrected chi connectivity index (χ0v) is 11.3. The van der Waals surface area contributed by atoms with E-state index in [4.69, 9.17) is 4.74 Å². The van der Waals surface area contributed by atoms with Gasteiger partial charge in [-0.25, -0.2) is 0 Å². The van der Waals surface area contributed by atoms with E-state index in [0.29, 0.717) is 13.2 Å². The molecule has 0 amide bonds. The molecular weight excluding hydrogens is 257 g/mol. The highest BCUT2D eigenvalue weighted by molar-refractivity contribution is 5.30. The molecule has 108 valence electrons. The second-order valence-corrected chi connectivity index (χ2v) is 4.16. The predicted octanol–water partition coefficient (Wildman–Crippen LogP) is 3.18. The number of likely N-dealkylation sites (N-methyl/N-ethyl adjacent to an activating group) is 1. The Bertz CT molecular complexity index is 396. The quantitative estimate of drug-likeness (QED) is 0.866. The first-order valence-corrected chi connectivity index (χ1v) is 6.27. The van der Waals surface area contributed by atoms with E-state index in [2.05, 4.69) is 10.3 Å². The number of hydrogen-bond acceptors (Lipinski definition) is 3. The van der Waals surface area contributed by atoms with Crippen molar-refractivity contribution in [2.75, 3.05) is 13.2 Å². The van der Waals surface area contributed by atoms with Crippen molar-refractivity contribution in [1.29, 1.82) is 0 Å². The van der Waals surface area contributed by atoms with Crippen LogP contribution in [0.5, 0.6) is 0 Å². The van der Waals surface area contributed by atoms with E-state index >= 15 is 0 Å². The third kappa shape index (κ3) is 4.18. The molecule has 0 aromatic carbocycles. The summed E-state index contributed by atoms with van der Waals surface area (Å²) in [5, 5.41) is 3.03. The highest BCUT2D eigenvalue weighted by atomic mass is 19.4. The Morgan fingerprint density at radius 2 is 2.05 bits per heavy atom. The molecule has 3 nitrogen and oxygen atoms in total. The number of halogens is 3. The molecule has 0 spiro atoms. The van der Waals surface area contributed by atoms with Crippen LogP contribution in [0.25, 0.3) is 0 Å². The summed E-state index contributed by atoms with van der Waals surface area (Å²) >= 11 is 0. The molecular formula is C13H19F3N2O. The van der Waals surface area contributed by atoms with Gasteiger partial charge in [-0.15, -0.1) is 0 Å². The minimum atomic E-state index is -4.39. The molecule has 0 bridgehead atoms. The summed E-state index contributed by atoms with van der Waals surface area (Å²) in [4.78, 5) is 3.81. The van der Waals surface area contributed by atoms with Crippen LogP contribution in [0.3, 0.4) is 0 Å². The first-order chi connectivity index (χ1) is 8.91. The van der Waals surface area contributed by atoms with E-state index in [1.165, 1.54) is 6.20 Å². The maximum atomic E-state index is 13.0. The Balaban J connectivity index is 3.15. The van der Waals surface area contributed by atoms with Crippen molar-refractivity contribution in [2.24, 2.45) is 0 Å². The van der Waals surface area contributed by atoms with Crippen LogP contribution in [0, 0.1) is 0 Å². The van der Waals surface area contributed by atoms with Crippen molar-refractivity contribution < 1.29 is 17.9 Å². The minimum Gasteiger partial charge on any atom is -0.377 e. The Morgan fingerprint density at radius 1 is 1.37 bits per heavy atom. The Labute approximate surface area is 111 Å². The zero-order valence-electron chi connectivity index (χ0n) is 11.3. The Hall–Kier alpha value is -1.14. The van der Waals surface area contributed by atoms with E-state index < -0.39 is 17.8 Å². The molecule has 1 aromatic heterocycles. The number of hydrogen-bond donors (Lipinski definition) is 1. The van der Waals surface area contributed by atoms with Gasteiger partial charge in [-0.2, -0.15) is 13.2 Å². The molecule has 0 fully saturated rings. The number of pyridine rings is 1. The first-order valence-electron chi connectivity index (χ1n) is 6.27. The van der Waals surface area contributed by atoms with Crippen LogP contribution in [-0.4, -0.2) is 24.2 Å². The summed E-state index contributed by atoms with van der Waals surface area (Å²) in [7, 11) is 0. The molecule has 0 saturated heterocycles. The summed E-state index contributed by atoms with van der Waals surface area (Å²) in [5.41, 5.74) is -0.544. The summed E-state index contributed by atoms with van der Waals surface area (Å²) in [6.07, 6.45) is -2.35. The normalized spacial score (nSPS) is 15.3. The second-order valence-electron chi connectivity index (χ2n) is 4.16. The number of alkyl halides is 3. The van der Waals surface area contributed by atoms with Crippen molar-refractivity contribution in [3.05, 3.63) is 29.6 Å². The van der Waals surface area contributed by atoms with Gasteiger partial charge in [0.25, 0.3) is 0 Å². The average Bonchev–Trinajstić information content (AvgIpc) is 2.35. The number of rotatable bonds is 6. The second kappa shape index (κ2) is 6.86. The third-order valence-corrected chi connectivity index (χ3v) is 2.82. The van der Waals surface area contributed by atoms with Crippen LogP contribution >= 0.6 is 0 Å². The van der Waals surface area contributed by atoms with Gasteiger partial charge < -0.3 is 10.1 Å². The SMILES string of the molecule is CCNC(c1cnccc1C(F)(F)F)C(C)OCC. The molecule has 0 saturated carbocycles. The molecule has 19 heavy (non-hydrogen) atoms. The van der Waals surface area contributed by atoms with Crippen LogP contribution in [0.1, 0.15) is 37.9 Å². The summed E-state index contributed by atoms with van der Waals surface area (Å²) in [6.45, 7) is 6.41. The standard InChI is InChI=1S/C13H19F3N2O/c1-4-18-12(9(3)19-5-2)10-8-17-7-6-11(10)13(14,15)16/h6-9,12,18H,4-5H2,1-3H3. The minimum absolute atomic E-state index is 0.123. The molecule has 0 aliphatic rings. The topological polar surface area (TPSA) is 34.2 Å². The van der Waals surface area contributed by atoms with E-state index in [-0.39, 0.29) is 11.7 Å². The maximum absolute atomic E-state index is 13.0. The molecule has 1 aromatic rings. The molecule has 1 heterocycles. The highest BCUT2D eigenvalue weighted by Crippen LogP contribution is 2.35. The van der Waals surface area contributed by atoms with Gasteiger partial charge in [-0.05, 0) is 26.5 Å². The van der Waals surface area contributed by atoms with E-state index in [0.717, 1.165) is 12.3 Å². The average molecular weight is 276 g/mol. The van der Waals surface area contributed by atoms with Crippen LogP contribution in [-0.2, 0) is 10.9 Å². The van der Waals surface area contributed by atoms with Crippen molar-refractivity contribution in [3.63, 3.8) is 0 Å². The van der Waals surface area contributed by atoms with Gasteiger partial charge in [0.15, 0.2) is 0 Å². The predicted molar refractivity (Wildman–Crippen MR) is 66.7 cm³/mol. The highest BCUT2D eigenvalue weighted by Gasteiger charge is 2.36. The Morgan fingerprint density at radius 3 is 2.58 bits per heavy atom. The lowest BCUT2D eigenvalue weighted by Crippen LogP contribution is -2.33. The van der Waals surface area contributed by atoms with Crippen LogP contribution < -0.4 is 5.32 Å². The van der Waals surface area contributed by atoms with Gasteiger partial charge in [0.2, 0.25) is 0 Å². The van der Waals surface area contributed by atoms with E-state index in [9.17, 15) is 13.2 Å². The molecule has 2 unspecified atom stereocenters. The van der Waals surface area contributed by atoms with Gasteiger partial charge in [0, 0.05) is 24.6 Å². The molecule has 6 heteroatoms. The fourth-order valence-electron chi connectivity index (χ4n) is 2.02. The summed E-state index contributed by atoms with van der Waals surface area (Å²) in [6, 6.07) is 0.466. The largest absolute Gasteiger partial charge is 0.416 e. The number of nitrogens with zero attached hydrogens (tertiary/aromatic N) is 1. The number of ether oxygens (including phenoxy) is 1. The number of nitrogens with one attached hydrogen (secondary N) is 1. The van der Waals surface area contributed by atoms with Crippen molar-refractivity contribution in [1.82, 2.24) is 10.3 Å². The molecule has 0 radical (unpaired) electrons. The third-order valence-electron chi connectivity index (χ3n) is 2.82. The molecule has 0 aliphatic carbocycles. The monoisotopic (exact) mass is 276 g/mol. The fraction of sp³-hybridized carbons (Fsp3) is 0.615. The lowest BCUT2D eigenvalue weighted by atomic mass is 9.98. The molecule has 1 rings (SSSR count). The summed E-state index contributed by atoms with van der Waals surface area (Å²) in [5.74, 6) is 0. The zero-order chi connectivity index (χ0) is 14.5. The summed E-state index contributed by atoms with van der Waals surface area (Å²) < 4.78 is 44.4. The van der Waals surface area contributed by atoms with E-state index in [1.807, 2.05) is 13.8 Å². The van der Waals surface area contributed by atoms with Crippen LogP contribution in [0.15, 0.2) is 18.5 Å². The smallest absolute Gasteiger partial charge is 0.377 e. The molecule has 1 N–H and O–H groups in total. The van der Waals surface area contributed by atoms with Crippen LogP contribution in [0.2, 0.25) is 0 Å². The van der Waals surface area contributed by atoms with Gasteiger partial charge in [-0.3, -0.25) is 4.98 Å². The molecule has 2 atom stereocenters. The van der Waals surface area contributed by atoms with E-state index in [1.54, 1.807) is 6.92 Å². The van der Waals surface area contributed by atoms with Gasteiger partial charge in [-0.1, -0.05) is 6.92 Å². The van der Waals surface area contributed by atoms with Gasteiger partial charge in [0.05, 0.1) is 17.7 Å². The fourth-order valence-corrected chi connectivity index (χ4v) is 2.02.